The van der Waals surface area contributed by atoms with Crippen LogP contribution in [0.1, 0.15) is 5.56 Å². The summed E-state index contributed by atoms with van der Waals surface area (Å²) < 4.78 is 2.11. The van der Waals surface area contributed by atoms with Gasteiger partial charge in [-0.3, -0.25) is 0 Å². The zero-order chi connectivity index (χ0) is 16.7. The molecule has 4 aromatic rings. The average Bonchev–Trinajstić information content (AvgIpc) is 2.95. The molecule has 3 aromatic carbocycles. The molecular weight excluding hydrogens is 299 g/mol. The highest BCUT2D eigenvalue weighted by Gasteiger charge is 2.17. The van der Waals surface area contributed by atoms with Crippen molar-refractivity contribution in [1.82, 2.24) is 4.57 Å². The highest BCUT2D eigenvalue weighted by Crippen LogP contribution is 2.32. The molecule has 4 nitrogen and oxygen atoms in total. The first-order valence-electron chi connectivity index (χ1n) is 7.59. The van der Waals surface area contributed by atoms with Crippen molar-refractivity contribution in [2.24, 2.45) is 0 Å². The van der Waals surface area contributed by atoms with Gasteiger partial charge in [-0.2, -0.15) is 5.26 Å². The van der Waals surface area contributed by atoms with Gasteiger partial charge in [0, 0.05) is 16.5 Å². The van der Waals surface area contributed by atoms with E-state index in [2.05, 4.69) is 10.6 Å². The third-order valence-electron chi connectivity index (χ3n) is 4.23. The van der Waals surface area contributed by atoms with Crippen molar-refractivity contribution in [3.05, 3.63) is 72.3 Å². The first kappa shape index (κ1) is 14.5. The molecule has 1 aromatic heterocycles. The van der Waals surface area contributed by atoms with Gasteiger partial charge < -0.3 is 14.6 Å². The predicted molar refractivity (Wildman–Crippen MR) is 95.3 cm³/mol. The minimum atomic E-state index is -1.52. The van der Waals surface area contributed by atoms with Crippen LogP contribution in [-0.2, 0) is 0 Å². The summed E-state index contributed by atoms with van der Waals surface area (Å²) >= 11 is 0. The lowest BCUT2D eigenvalue weighted by Crippen LogP contribution is -2.29. The summed E-state index contributed by atoms with van der Waals surface area (Å²) in [4.78, 5) is 0. The maximum absolute atomic E-state index is 9.48. The van der Waals surface area contributed by atoms with Gasteiger partial charge in [0.1, 0.15) is 0 Å². The second-order valence-corrected chi connectivity index (χ2v) is 5.66. The van der Waals surface area contributed by atoms with E-state index in [4.69, 9.17) is 0 Å². The molecule has 2 N–H and O–H groups in total. The van der Waals surface area contributed by atoms with Crippen molar-refractivity contribution < 1.29 is 10.0 Å². The second-order valence-electron chi connectivity index (χ2n) is 5.66. The van der Waals surface area contributed by atoms with E-state index in [1.165, 1.54) is 0 Å². The molecule has 0 saturated heterocycles. The number of rotatable bonds is 2. The van der Waals surface area contributed by atoms with Crippen molar-refractivity contribution in [2.75, 3.05) is 0 Å². The quantitative estimate of drug-likeness (QED) is 0.558. The van der Waals surface area contributed by atoms with Crippen LogP contribution >= 0.6 is 0 Å². The number of hydrogen-bond donors (Lipinski definition) is 2. The Morgan fingerprint density at radius 3 is 2.17 bits per heavy atom. The highest BCUT2D eigenvalue weighted by atomic mass is 16.4. The lowest BCUT2D eigenvalue weighted by Gasteiger charge is -2.07. The number of nitrogens with zero attached hydrogens (tertiary/aromatic N) is 2. The van der Waals surface area contributed by atoms with Gasteiger partial charge in [-0.05, 0) is 41.9 Å². The Balaban J connectivity index is 2.16. The van der Waals surface area contributed by atoms with Crippen molar-refractivity contribution >= 4 is 34.4 Å². The first-order chi connectivity index (χ1) is 11.7. The van der Waals surface area contributed by atoms with Crippen LogP contribution < -0.4 is 5.46 Å². The number of para-hydroxylation sites is 1. The molecule has 0 radical (unpaired) electrons. The maximum atomic E-state index is 9.48. The Morgan fingerprint density at radius 2 is 1.50 bits per heavy atom. The van der Waals surface area contributed by atoms with E-state index in [0.29, 0.717) is 11.0 Å². The molecule has 0 atom stereocenters. The van der Waals surface area contributed by atoms with Crippen LogP contribution in [0.15, 0.2) is 66.7 Å². The molecule has 0 aliphatic rings. The molecule has 0 amide bonds. The van der Waals surface area contributed by atoms with Gasteiger partial charge in [-0.1, -0.05) is 30.3 Å². The van der Waals surface area contributed by atoms with E-state index in [1.807, 2.05) is 48.5 Å². The second kappa shape index (κ2) is 5.53. The fourth-order valence-electron chi connectivity index (χ4n) is 3.13. The smallest absolute Gasteiger partial charge is 0.423 e. The molecule has 114 valence electrons. The summed E-state index contributed by atoms with van der Waals surface area (Å²) in [5.74, 6) is 0. The Kier molecular flexibility index (Phi) is 3.35. The Hall–Kier alpha value is -3.07. The van der Waals surface area contributed by atoms with Crippen LogP contribution in [0.2, 0.25) is 0 Å². The van der Waals surface area contributed by atoms with Gasteiger partial charge in [0.2, 0.25) is 0 Å². The van der Waals surface area contributed by atoms with Crippen molar-refractivity contribution in [1.29, 1.82) is 5.26 Å². The molecule has 0 bridgehead atoms. The molecule has 5 heteroatoms. The largest absolute Gasteiger partial charge is 0.488 e. The van der Waals surface area contributed by atoms with E-state index in [-0.39, 0.29) is 0 Å². The first-order valence-corrected chi connectivity index (χ1v) is 7.59. The van der Waals surface area contributed by atoms with Crippen LogP contribution in [0.25, 0.3) is 27.5 Å². The Bertz CT molecular complexity index is 1100. The van der Waals surface area contributed by atoms with Gasteiger partial charge >= 0.3 is 7.12 Å². The third-order valence-corrected chi connectivity index (χ3v) is 4.23. The normalized spacial score (nSPS) is 10.9. The standard InChI is InChI=1S/C19H13BN2O2/c21-12-13-6-8-18-16(10-13)17-11-14(20(23)24)7-9-19(17)22(18)15-4-2-1-3-5-15/h1-11,23-24H. The van der Waals surface area contributed by atoms with Crippen LogP contribution in [0.3, 0.4) is 0 Å². The number of benzene rings is 3. The monoisotopic (exact) mass is 312 g/mol. The molecule has 0 saturated carbocycles. The van der Waals surface area contributed by atoms with Gasteiger partial charge in [0.25, 0.3) is 0 Å². The molecule has 0 spiro atoms. The van der Waals surface area contributed by atoms with E-state index < -0.39 is 7.12 Å². The molecule has 0 aliphatic heterocycles. The van der Waals surface area contributed by atoms with Crippen LogP contribution in [0.5, 0.6) is 0 Å². The number of aromatic nitrogens is 1. The van der Waals surface area contributed by atoms with Gasteiger partial charge in [-0.25, -0.2) is 0 Å². The zero-order valence-electron chi connectivity index (χ0n) is 12.7. The van der Waals surface area contributed by atoms with E-state index in [0.717, 1.165) is 27.5 Å². The van der Waals surface area contributed by atoms with Crippen molar-refractivity contribution in [2.45, 2.75) is 0 Å². The van der Waals surface area contributed by atoms with E-state index >= 15 is 0 Å². The molecule has 0 unspecified atom stereocenters. The minimum Gasteiger partial charge on any atom is -0.423 e. The SMILES string of the molecule is N#Cc1ccc2c(c1)c1cc(B(O)O)ccc1n2-c1ccccc1. The van der Waals surface area contributed by atoms with E-state index in [9.17, 15) is 15.3 Å². The van der Waals surface area contributed by atoms with Crippen molar-refractivity contribution in [3.8, 4) is 11.8 Å². The third kappa shape index (κ3) is 2.17. The summed E-state index contributed by atoms with van der Waals surface area (Å²) in [5.41, 5.74) is 3.94. The van der Waals surface area contributed by atoms with Gasteiger partial charge in [-0.15, -0.1) is 0 Å². The summed E-state index contributed by atoms with van der Waals surface area (Å²) in [5, 5.41) is 29.9. The predicted octanol–water partition coefficient (Wildman–Crippen LogP) is 2.34. The highest BCUT2D eigenvalue weighted by molar-refractivity contribution is 6.59. The van der Waals surface area contributed by atoms with Gasteiger partial charge in [0.05, 0.1) is 22.7 Å². The average molecular weight is 312 g/mol. The molecule has 0 aliphatic carbocycles. The summed E-state index contributed by atoms with van der Waals surface area (Å²) in [6.45, 7) is 0. The van der Waals surface area contributed by atoms with Crippen molar-refractivity contribution in [3.63, 3.8) is 0 Å². The topological polar surface area (TPSA) is 69.2 Å². The Morgan fingerprint density at radius 1 is 0.833 bits per heavy atom. The zero-order valence-corrected chi connectivity index (χ0v) is 12.7. The number of fused-ring (bicyclic) bond motifs is 3. The molecule has 24 heavy (non-hydrogen) atoms. The molecule has 0 fully saturated rings. The van der Waals surface area contributed by atoms with E-state index in [1.54, 1.807) is 18.2 Å². The van der Waals surface area contributed by atoms with Crippen LogP contribution in [0.4, 0.5) is 0 Å². The van der Waals surface area contributed by atoms with Gasteiger partial charge in [0.15, 0.2) is 0 Å². The van der Waals surface area contributed by atoms with Crippen LogP contribution in [-0.4, -0.2) is 21.7 Å². The molecular formula is C19H13BN2O2. The summed E-state index contributed by atoms with van der Waals surface area (Å²) in [6, 6.07) is 23.0. The van der Waals surface area contributed by atoms with Crippen LogP contribution in [0, 0.1) is 11.3 Å². The number of nitriles is 1. The number of hydrogen-bond acceptors (Lipinski definition) is 3. The fourth-order valence-corrected chi connectivity index (χ4v) is 3.13. The summed E-state index contributed by atoms with van der Waals surface area (Å²) in [6.07, 6.45) is 0. The molecule has 4 rings (SSSR count). The fraction of sp³-hybridized carbons (Fsp3) is 0. The summed E-state index contributed by atoms with van der Waals surface area (Å²) in [7, 11) is -1.52. The lowest BCUT2D eigenvalue weighted by atomic mass is 9.80. The minimum absolute atomic E-state index is 0.428. The Labute approximate surface area is 139 Å². The maximum Gasteiger partial charge on any atom is 0.488 e. The molecule has 1 heterocycles. The lowest BCUT2D eigenvalue weighted by molar-refractivity contribution is 0.426.